The number of nitrogen functional groups attached to an aromatic ring is 1. The van der Waals surface area contributed by atoms with E-state index in [2.05, 4.69) is 20.9 Å². The fourth-order valence-electron chi connectivity index (χ4n) is 2.47. The summed E-state index contributed by atoms with van der Waals surface area (Å²) in [6.07, 6.45) is 0. The zero-order chi connectivity index (χ0) is 21.0. The van der Waals surface area contributed by atoms with Crippen LogP contribution in [-0.2, 0) is 17.9 Å². The Morgan fingerprint density at radius 1 is 1.14 bits per heavy atom. The highest BCUT2D eigenvalue weighted by molar-refractivity contribution is 5.96. The number of amides is 2. The Balaban J connectivity index is 1.60. The van der Waals surface area contributed by atoms with Crippen molar-refractivity contribution >= 4 is 23.3 Å². The van der Waals surface area contributed by atoms with Crippen molar-refractivity contribution in [2.75, 3.05) is 11.1 Å². The first-order valence-corrected chi connectivity index (χ1v) is 8.61. The lowest BCUT2D eigenvalue weighted by Gasteiger charge is -2.07. The molecule has 0 spiro atoms. The van der Waals surface area contributed by atoms with Crippen LogP contribution in [0.5, 0.6) is 0 Å². The van der Waals surface area contributed by atoms with E-state index in [9.17, 15) is 18.4 Å². The maximum atomic E-state index is 13.6. The predicted octanol–water partition coefficient (Wildman–Crippen LogP) is 2.02. The molecule has 0 aliphatic carbocycles. The molecule has 29 heavy (non-hydrogen) atoms. The SMILES string of the molecule is Cc1ccc(NC(=O)Cn2nnc(C(=O)NCc3ccc(F)cc3)c2N)cc1F. The van der Waals surface area contributed by atoms with E-state index in [1.807, 2.05) is 0 Å². The summed E-state index contributed by atoms with van der Waals surface area (Å²) in [5, 5.41) is 12.5. The fraction of sp³-hybridized carbons (Fsp3) is 0.158. The maximum absolute atomic E-state index is 13.6. The number of nitrogens with two attached hydrogens (primary N) is 1. The third-order valence-corrected chi connectivity index (χ3v) is 4.10. The Labute approximate surface area is 164 Å². The van der Waals surface area contributed by atoms with E-state index in [0.29, 0.717) is 11.1 Å². The summed E-state index contributed by atoms with van der Waals surface area (Å²) >= 11 is 0. The van der Waals surface area contributed by atoms with Gasteiger partial charge in [-0.3, -0.25) is 9.59 Å². The first-order valence-electron chi connectivity index (χ1n) is 8.61. The minimum atomic E-state index is -0.584. The Kier molecular flexibility index (Phi) is 5.82. The highest BCUT2D eigenvalue weighted by atomic mass is 19.1. The first kappa shape index (κ1) is 19.9. The minimum Gasteiger partial charge on any atom is -0.382 e. The molecule has 0 saturated carbocycles. The van der Waals surface area contributed by atoms with Crippen LogP contribution in [0, 0.1) is 18.6 Å². The summed E-state index contributed by atoms with van der Waals surface area (Å²) < 4.78 is 27.5. The van der Waals surface area contributed by atoms with Gasteiger partial charge in [0.25, 0.3) is 5.91 Å². The van der Waals surface area contributed by atoms with Gasteiger partial charge in [0, 0.05) is 12.2 Å². The summed E-state index contributed by atoms with van der Waals surface area (Å²) in [5.74, 6) is -2.00. The van der Waals surface area contributed by atoms with Gasteiger partial charge in [0.05, 0.1) is 0 Å². The lowest BCUT2D eigenvalue weighted by atomic mass is 10.2. The number of benzene rings is 2. The van der Waals surface area contributed by atoms with E-state index in [1.165, 1.54) is 30.3 Å². The number of anilines is 2. The second kappa shape index (κ2) is 8.46. The highest BCUT2D eigenvalue weighted by Crippen LogP contribution is 2.14. The molecule has 3 aromatic rings. The molecule has 10 heteroatoms. The summed E-state index contributed by atoms with van der Waals surface area (Å²) in [6, 6.07) is 9.94. The molecule has 0 aliphatic heterocycles. The molecule has 3 rings (SSSR count). The lowest BCUT2D eigenvalue weighted by molar-refractivity contribution is -0.116. The van der Waals surface area contributed by atoms with Crippen molar-refractivity contribution < 1.29 is 18.4 Å². The van der Waals surface area contributed by atoms with Crippen LogP contribution in [0.3, 0.4) is 0 Å². The Morgan fingerprint density at radius 2 is 1.86 bits per heavy atom. The van der Waals surface area contributed by atoms with Gasteiger partial charge in [-0.2, -0.15) is 0 Å². The van der Waals surface area contributed by atoms with E-state index in [-0.39, 0.29) is 36.1 Å². The van der Waals surface area contributed by atoms with Crippen molar-refractivity contribution in [2.24, 2.45) is 0 Å². The van der Waals surface area contributed by atoms with Crippen LogP contribution in [0.1, 0.15) is 21.6 Å². The van der Waals surface area contributed by atoms with Crippen molar-refractivity contribution in [3.63, 3.8) is 0 Å². The first-order chi connectivity index (χ1) is 13.8. The molecule has 0 saturated heterocycles. The number of rotatable bonds is 6. The average Bonchev–Trinajstić information content (AvgIpc) is 3.04. The molecule has 0 atom stereocenters. The number of hydrogen-bond acceptors (Lipinski definition) is 5. The average molecular weight is 400 g/mol. The zero-order valence-corrected chi connectivity index (χ0v) is 15.4. The van der Waals surface area contributed by atoms with Gasteiger partial charge in [-0.05, 0) is 42.3 Å². The summed E-state index contributed by atoms with van der Waals surface area (Å²) in [4.78, 5) is 24.4. The van der Waals surface area contributed by atoms with Crippen molar-refractivity contribution in [1.29, 1.82) is 0 Å². The summed E-state index contributed by atoms with van der Waals surface area (Å²) in [6.45, 7) is 1.45. The van der Waals surface area contributed by atoms with Crippen molar-refractivity contribution in [3.8, 4) is 0 Å². The van der Waals surface area contributed by atoms with Crippen molar-refractivity contribution in [1.82, 2.24) is 20.3 Å². The second-order valence-corrected chi connectivity index (χ2v) is 6.30. The molecule has 0 unspecified atom stereocenters. The number of halogens is 2. The van der Waals surface area contributed by atoms with Crippen LogP contribution >= 0.6 is 0 Å². The van der Waals surface area contributed by atoms with Gasteiger partial charge in [0.1, 0.15) is 18.2 Å². The topological polar surface area (TPSA) is 115 Å². The van der Waals surface area contributed by atoms with Gasteiger partial charge >= 0.3 is 0 Å². The van der Waals surface area contributed by atoms with E-state index < -0.39 is 17.6 Å². The molecule has 4 N–H and O–H groups in total. The Bertz CT molecular complexity index is 1050. The molecule has 1 aromatic heterocycles. The smallest absolute Gasteiger partial charge is 0.275 e. The number of nitrogens with one attached hydrogen (secondary N) is 2. The van der Waals surface area contributed by atoms with Crippen LogP contribution < -0.4 is 16.4 Å². The Morgan fingerprint density at radius 3 is 2.55 bits per heavy atom. The monoisotopic (exact) mass is 400 g/mol. The zero-order valence-electron chi connectivity index (χ0n) is 15.4. The molecule has 0 aliphatic rings. The highest BCUT2D eigenvalue weighted by Gasteiger charge is 2.19. The van der Waals surface area contributed by atoms with Gasteiger partial charge in [-0.25, -0.2) is 13.5 Å². The number of hydrogen-bond donors (Lipinski definition) is 3. The third kappa shape index (κ3) is 4.92. The van der Waals surface area contributed by atoms with Crippen LogP contribution in [0.15, 0.2) is 42.5 Å². The standard InChI is InChI=1S/C19H18F2N6O2/c1-11-2-7-14(8-15(11)21)24-16(28)10-27-18(22)17(25-26-27)19(29)23-9-12-3-5-13(20)6-4-12/h2-8H,9-10,22H2,1H3,(H,23,29)(H,24,28). The maximum Gasteiger partial charge on any atom is 0.275 e. The van der Waals surface area contributed by atoms with E-state index in [1.54, 1.807) is 19.1 Å². The van der Waals surface area contributed by atoms with Crippen molar-refractivity contribution in [2.45, 2.75) is 20.0 Å². The van der Waals surface area contributed by atoms with Gasteiger partial charge in [-0.15, -0.1) is 5.10 Å². The van der Waals surface area contributed by atoms with E-state index >= 15 is 0 Å². The second-order valence-electron chi connectivity index (χ2n) is 6.30. The summed E-state index contributed by atoms with van der Waals surface area (Å²) in [7, 11) is 0. The molecule has 8 nitrogen and oxygen atoms in total. The van der Waals surface area contributed by atoms with Crippen LogP contribution in [-0.4, -0.2) is 26.8 Å². The van der Waals surface area contributed by atoms with Gasteiger partial charge in [0.15, 0.2) is 11.5 Å². The number of carbonyl (C=O) groups is 2. The van der Waals surface area contributed by atoms with Crippen LogP contribution in [0.2, 0.25) is 0 Å². The predicted molar refractivity (Wildman–Crippen MR) is 102 cm³/mol. The molecule has 0 bridgehead atoms. The molecular formula is C19H18F2N6O2. The van der Waals surface area contributed by atoms with Crippen LogP contribution in [0.25, 0.3) is 0 Å². The molecular weight excluding hydrogens is 382 g/mol. The van der Waals surface area contributed by atoms with Gasteiger partial charge in [0.2, 0.25) is 5.91 Å². The number of aryl methyl sites for hydroxylation is 1. The van der Waals surface area contributed by atoms with Crippen molar-refractivity contribution in [3.05, 3.63) is 70.9 Å². The molecule has 2 aromatic carbocycles. The largest absolute Gasteiger partial charge is 0.382 e. The Hall–Kier alpha value is -3.82. The number of nitrogens with zero attached hydrogens (tertiary/aromatic N) is 3. The minimum absolute atomic E-state index is 0.0909. The molecule has 150 valence electrons. The van der Waals surface area contributed by atoms with Gasteiger partial charge < -0.3 is 16.4 Å². The van der Waals surface area contributed by atoms with E-state index in [4.69, 9.17) is 5.73 Å². The lowest BCUT2D eigenvalue weighted by Crippen LogP contribution is -2.25. The van der Waals surface area contributed by atoms with E-state index in [0.717, 1.165) is 4.68 Å². The molecule has 1 heterocycles. The normalized spacial score (nSPS) is 10.6. The number of aromatic nitrogens is 3. The molecule has 2 amide bonds. The van der Waals surface area contributed by atoms with Crippen LogP contribution in [0.4, 0.5) is 20.3 Å². The quantitative estimate of drug-likeness (QED) is 0.586. The molecule has 0 fully saturated rings. The third-order valence-electron chi connectivity index (χ3n) is 4.10. The molecule has 0 radical (unpaired) electrons. The van der Waals surface area contributed by atoms with Gasteiger partial charge in [-0.1, -0.05) is 23.4 Å². The fourth-order valence-corrected chi connectivity index (χ4v) is 2.47. The number of carbonyl (C=O) groups excluding carboxylic acids is 2. The summed E-state index contributed by atoms with van der Waals surface area (Å²) in [5.41, 5.74) is 7.16.